The van der Waals surface area contributed by atoms with Crippen molar-refractivity contribution in [3.8, 4) is 0 Å². The molecular formula is C28H21N2+. The van der Waals surface area contributed by atoms with Gasteiger partial charge in [-0.3, -0.25) is 0 Å². The predicted molar refractivity (Wildman–Crippen MR) is 127 cm³/mol. The molecule has 0 aliphatic heterocycles. The van der Waals surface area contributed by atoms with Crippen molar-refractivity contribution in [2.24, 2.45) is 7.05 Å². The van der Waals surface area contributed by atoms with Gasteiger partial charge in [0.05, 0.1) is 32.7 Å². The lowest BCUT2D eigenvalue weighted by Crippen LogP contribution is -2.31. The molecule has 0 fully saturated rings. The molecule has 142 valence electrons. The van der Waals surface area contributed by atoms with Crippen LogP contribution in [0.3, 0.4) is 0 Å². The number of aromatic nitrogens is 2. The number of para-hydroxylation sites is 2. The van der Waals surface area contributed by atoms with Crippen LogP contribution in [0.15, 0.2) is 72.8 Å². The summed E-state index contributed by atoms with van der Waals surface area (Å²) in [6.45, 7) is 4.53. The maximum atomic E-state index is 2.50. The maximum Gasteiger partial charge on any atom is 0.225 e. The maximum absolute atomic E-state index is 2.50. The highest BCUT2D eigenvalue weighted by molar-refractivity contribution is 6.28. The molecule has 0 saturated carbocycles. The molecule has 7 rings (SSSR count). The minimum atomic E-state index is 1.27. The highest BCUT2D eigenvalue weighted by Gasteiger charge is 2.26. The van der Waals surface area contributed by atoms with Crippen molar-refractivity contribution >= 4 is 59.9 Å². The average Bonchev–Trinajstić information content (AvgIpc) is 3.10. The molecule has 30 heavy (non-hydrogen) atoms. The molecule has 0 spiro atoms. The quantitative estimate of drug-likeness (QED) is 0.158. The van der Waals surface area contributed by atoms with Gasteiger partial charge in [0.15, 0.2) is 0 Å². The second kappa shape index (κ2) is 5.28. The summed E-state index contributed by atoms with van der Waals surface area (Å²) in [5.41, 5.74) is 9.23. The largest absolute Gasteiger partial charge is 0.307 e. The molecule has 3 aromatic heterocycles. The first-order valence-corrected chi connectivity index (χ1v) is 10.5. The van der Waals surface area contributed by atoms with Crippen LogP contribution in [0, 0.1) is 13.8 Å². The number of pyridine rings is 2. The van der Waals surface area contributed by atoms with Crippen molar-refractivity contribution in [1.82, 2.24) is 4.40 Å². The van der Waals surface area contributed by atoms with Gasteiger partial charge in [-0.05, 0) is 49.2 Å². The fraction of sp³-hybridized carbons (Fsp3) is 0.107. The molecule has 0 saturated heterocycles. The summed E-state index contributed by atoms with van der Waals surface area (Å²) in [5, 5.41) is 8.03. The van der Waals surface area contributed by atoms with Crippen LogP contribution in [0.4, 0.5) is 0 Å². The Hall–Kier alpha value is -3.65. The lowest BCUT2D eigenvalue weighted by atomic mass is 9.95. The number of hydrogen-bond donors (Lipinski definition) is 0. The monoisotopic (exact) mass is 385 g/mol. The molecule has 3 heterocycles. The SMILES string of the molecule is Cc1cc2c3ccccc3n3c4cccc5c6ccccc6[n+](C)c(c(c1C)c23)c54. The first-order valence-electron chi connectivity index (χ1n) is 10.5. The molecule has 2 heteroatoms. The summed E-state index contributed by atoms with van der Waals surface area (Å²) < 4.78 is 4.90. The van der Waals surface area contributed by atoms with E-state index in [0.29, 0.717) is 0 Å². The molecule has 0 atom stereocenters. The number of fused-ring (bicyclic) bond motifs is 7. The number of nitrogens with zero attached hydrogens (tertiary/aromatic N) is 2. The number of rotatable bonds is 0. The van der Waals surface area contributed by atoms with E-state index in [4.69, 9.17) is 0 Å². The van der Waals surface area contributed by atoms with Crippen molar-refractivity contribution in [3.63, 3.8) is 0 Å². The van der Waals surface area contributed by atoms with Crippen LogP contribution < -0.4 is 4.57 Å². The van der Waals surface area contributed by atoms with E-state index in [1.165, 1.54) is 71.0 Å². The lowest BCUT2D eigenvalue weighted by molar-refractivity contribution is -0.616. The van der Waals surface area contributed by atoms with Crippen molar-refractivity contribution in [1.29, 1.82) is 0 Å². The van der Waals surface area contributed by atoms with E-state index in [2.05, 4.69) is 103 Å². The minimum absolute atomic E-state index is 1.27. The van der Waals surface area contributed by atoms with E-state index in [9.17, 15) is 0 Å². The van der Waals surface area contributed by atoms with Gasteiger partial charge in [0.2, 0.25) is 11.0 Å². The van der Waals surface area contributed by atoms with Crippen LogP contribution in [-0.2, 0) is 7.05 Å². The Balaban J connectivity index is 2.01. The molecular weight excluding hydrogens is 364 g/mol. The highest BCUT2D eigenvalue weighted by atomic mass is 15.0. The van der Waals surface area contributed by atoms with E-state index in [1.54, 1.807) is 0 Å². The topological polar surface area (TPSA) is 8.29 Å². The Morgan fingerprint density at radius 3 is 2.23 bits per heavy atom. The Morgan fingerprint density at radius 1 is 0.667 bits per heavy atom. The van der Waals surface area contributed by atoms with Crippen LogP contribution in [0.5, 0.6) is 0 Å². The van der Waals surface area contributed by atoms with Gasteiger partial charge in [0.1, 0.15) is 7.05 Å². The van der Waals surface area contributed by atoms with Gasteiger partial charge in [0.25, 0.3) is 0 Å². The molecule has 7 aromatic rings. The van der Waals surface area contributed by atoms with E-state index in [0.717, 1.165) is 0 Å². The molecule has 0 unspecified atom stereocenters. The summed E-state index contributed by atoms with van der Waals surface area (Å²) in [7, 11) is 2.22. The van der Waals surface area contributed by atoms with E-state index >= 15 is 0 Å². The van der Waals surface area contributed by atoms with Gasteiger partial charge in [0, 0.05) is 22.2 Å². The molecule has 4 aromatic carbocycles. The van der Waals surface area contributed by atoms with E-state index < -0.39 is 0 Å². The summed E-state index contributed by atoms with van der Waals surface area (Å²) in [4.78, 5) is 0. The Kier molecular flexibility index (Phi) is 2.85. The van der Waals surface area contributed by atoms with Gasteiger partial charge >= 0.3 is 0 Å². The third-order valence-corrected chi connectivity index (χ3v) is 7.13. The van der Waals surface area contributed by atoms with Crippen LogP contribution in [0.2, 0.25) is 0 Å². The smallest absolute Gasteiger partial charge is 0.225 e. The van der Waals surface area contributed by atoms with Crippen molar-refractivity contribution in [2.75, 3.05) is 0 Å². The summed E-state index contributed by atoms with van der Waals surface area (Å²) in [6, 6.07) is 26.8. The zero-order valence-electron chi connectivity index (χ0n) is 17.3. The summed E-state index contributed by atoms with van der Waals surface area (Å²) >= 11 is 0. The van der Waals surface area contributed by atoms with Gasteiger partial charge in [-0.15, -0.1) is 0 Å². The third kappa shape index (κ3) is 1.70. The molecule has 0 N–H and O–H groups in total. The lowest BCUT2D eigenvalue weighted by Gasteiger charge is -2.15. The van der Waals surface area contributed by atoms with E-state index in [-0.39, 0.29) is 0 Å². The molecule has 0 amide bonds. The first-order chi connectivity index (χ1) is 14.7. The average molecular weight is 385 g/mol. The molecule has 0 aliphatic rings. The van der Waals surface area contributed by atoms with Crippen LogP contribution in [0.1, 0.15) is 11.1 Å². The fourth-order valence-electron chi connectivity index (χ4n) is 5.67. The molecule has 0 radical (unpaired) electrons. The Morgan fingerprint density at radius 2 is 1.37 bits per heavy atom. The second-order valence-corrected chi connectivity index (χ2v) is 8.57. The van der Waals surface area contributed by atoms with Crippen LogP contribution in [-0.4, -0.2) is 4.40 Å². The standard InChI is InChI=1S/C28H21N2/c1-16-15-21-19-10-5-7-13-23(19)30-24-14-8-11-20-18-9-4-6-12-22(18)29(3)28(26(20)24)25(17(16)2)27(21)30/h4-15H,1-3H3/q+1. The predicted octanol–water partition coefficient (Wildman–Crippen LogP) is 6.58. The van der Waals surface area contributed by atoms with Crippen molar-refractivity contribution in [2.45, 2.75) is 13.8 Å². The van der Waals surface area contributed by atoms with Crippen LogP contribution >= 0.6 is 0 Å². The normalized spacial score (nSPS) is 12.5. The highest BCUT2D eigenvalue weighted by Crippen LogP contribution is 2.42. The minimum Gasteiger partial charge on any atom is -0.307 e. The molecule has 0 bridgehead atoms. The van der Waals surface area contributed by atoms with Gasteiger partial charge < -0.3 is 4.40 Å². The van der Waals surface area contributed by atoms with Crippen molar-refractivity contribution < 1.29 is 4.57 Å². The van der Waals surface area contributed by atoms with Gasteiger partial charge in [-0.25, -0.2) is 0 Å². The fourth-order valence-corrected chi connectivity index (χ4v) is 5.67. The van der Waals surface area contributed by atoms with E-state index in [1.807, 2.05) is 0 Å². The summed E-state index contributed by atoms with van der Waals surface area (Å²) in [5.74, 6) is 0. The van der Waals surface area contributed by atoms with Gasteiger partial charge in [-0.2, -0.15) is 4.57 Å². The molecule has 0 aliphatic carbocycles. The zero-order valence-corrected chi connectivity index (χ0v) is 17.3. The van der Waals surface area contributed by atoms with Gasteiger partial charge in [-0.1, -0.05) is 42.5 Å². The number of hydrogen-bond acceptors (Lipinski definition) is 0. The first kappa shape index (κ1) is 16.2. The Labute approximate surface area is 173 Å². The number of benzene rings is 4. The zero-order chi connectivity index (χ0) is 20.1. The molecule has 2 nitrogen and oxygen atoms in total. The second-order valence-electron chi connectivity index (χ2n) is 8.57. The summed E-state index contributed by atoms with van der Waals surface area (Å²) in [6.07, 6.45) is 0. The third-order valence-electron chi connectivity index (χ3n) is 7.13. The Bertz CT molecular complexity index is 1820. The number of aryl methyl sites for hydroxylation is 3. The van der Waals surface area contributed by atoms with Crippen LogP contribution in [0.25, 0.3) is 59.9 Å². The van der Waals surface area contributed by atoms with Crippen molar-refractivity contribution in [3.05, 3.63) is 83.9 Å².